The standard InChI is InChI=1S/C17H18N2O/c1-2-3-6-13-9-11-14(12-10-13)18-17-19-15-7-4-5-8-16(15)20-17/h4-5,7-12H,2-3,6H2,1H3,(H,18,19). The minimum Gasteiger partial charge on any atom is -0.423 e. The lowest BCUT2D eigenvalue weighted by atomic mass is 10.1. The van der Waals surface area contributed by atoms with E-state index in [0.29, 0.717) is 6.01 Å². The quantitative estimate of drug-likeness (QED) is 0.712. The number of anilines is 2. The molecule has 3 nitrogen and oxygen atoms in total. The van der Waals surface area contributed by atoms with Gasteiger partial charge in [-0.05, 0) is 42.7 Å². The molecule has 3 rings (SSSR count). The van der Waals surface area contributed by atoms with E-state index < -0.39 is 0 Å². The van der Waals surface area contributed by atoms with Crippen molar-refractivity contribution in [1.29, 1.82) is 0 Å². The molecule has 0 radical (unpaired) electrons. The second kappa shape index (κ2) is 5.78. The molecule has 0 aliphatic carbocycles. The van der Waals surface area contributed by atoms with Gasteiger partial charge in [-0.15, -0.1) is 0 Å². The summed E-state index contributed by atoms with van der Waals surface area (Å²) < 4.78 is 5.64. The van der Waals surface area contributed by atoms with Crippen molar-refractivity contribution in [3.63, 3.8) is 0 Å². The minimum absolute atomic E-state index is 0.535. The second-order valence-electron chi connectivity index (χ2n) is 4.91. The monoisotopic (exact) mass is 266 g/mol. The van der Waals surface area contributed by atoms with E-state index in [2.05, 4.69) is 41.5 Å². The van der Waals surface area contributed by atoms with Gasteiger partial charge in [0.1, 0.15) is 5.52 Å². The van der Waals surface area contributed by atoms with E-state index >= 15 is 0 Å². The SMILES string of the molecule is CCCCc1ccc(Nc2nc3ccccc3o2)cc1. The van der Waals surface area contributed by atoms with Crippen LogP contribution in [0.25, 0.3) is 11.1 Å². The Bertz CT molecular complexity index is 653. The number of hydrogen-bond acceptors (Lipinski definition) is 3. The number of hydrogen-bond donors (Lipinski definition) is 1. The normalized spacial score (nSPS) is 10.8. The molecule has 0 aliphatic heterocycles. The maximum Gasteiger partial charge on any atom is 0.300 e. The van der Waals surface area contributed by atoms with Gasteiger partial charge >= 0.3 is 0 Å². The molecule has 0 saturated heterocycles. The first-order valence-electron chi connectivity index (χ1n) is 7.06. The van der Waals surface area contributed by atoms with Crippen molar-refractivity contribution < 1.29 is 4.42 Å². The summed E-state index contributed by atoms with van der Waals surface area (Å²) in [7, 11) is 0. The van der Waals surface area contributed by atoms with Crippen molar-refractivity contribution >= 4 is 22.8 Å². The van der Waals surface area contributed by atoms with Crippen molar-refractivity contribution in [2.75, 3.05) is 5.32 Å². The van der Waals surface area contributed by atoms with E-state index in [4.69, 9.17) is 4.42 Å². The Labute approximate surface area is 118 Å². The average molecular weight is 266 g/mol. The number of nitrogens with one attached hydrogen (secondary N) is 1. The molecule has 0 atom stereocenters. The van der Waals surface area contributed by atoms with E-state index in [1.807, 2.05) is 24.3 Å². The molecule has 0 fully saturated rings. The molecule has 1 N–H and O–H groups in total. The molecule has 3 aromatic rings. The maximum absolute atomic E-state index is 5.64. The number of oxazole rings is 1. The Hall–Kier alpha value is -2.29. The number of unbranched alkanes of at least 4 members (excludes halogenated alkanes) is 1. The number of aryl methyl sites for hydroxylation is 1. The third-order valence-electron chi connectivity index (χ3n) is 3.32. The van der Waals surface area contributed by atoms with Crippen LogP contribution >= 0.6 is 0 Å². The van der Waals surface area contributed by atoms with E-state index in [1.54, 1.807) is 0 Å². The summed E-state index contributed by atoms with van der Waals surface area (Å²) in [5.41, 5.74) is 4.04. The Kier molecular flexibility index (Phi) is 3.68. The van der Waals surface area contributed by atoms with Crippen LogP contribution in [-0.2, 0) is 6.42 Å². The van der Waals surface area contributed by atoms with Crippen LogP contribution in [0.3, 0.4) is 0 Å². The third kappa shape index (κ3) is 2.82. The maximum atomic E-state index is 5.64. The van der Waals surface area contributed by atoms with Crippen molar-refractivity contribution in [2.24, 2.45) is 0 Å². The zero-order chi connectivity index (χ0) is 13.8. The first kappa shape index (κ1) is 12.7. The van der Waals surface area contributed by atoms with Crippen LogP contribution in [-0.4, -0.2) is 4.98 Å². The molecule has 0 spiro atoms. The first-order valence-corrected chi connectivity index (χ1v) is 7.06. The molecule has 0 aliphatic rings. The fourth-order valence-electron chi connectivity index (χ4n) is 2.18. The van der Waals surface area contributed by atoms with Gasteiger partial charge in [0.2, 0.25) is 0 Å². The molecule has 1 heterocycles. The Morgan fingerprint density at radius 1 is 1.05 bits per heavy atom. The van der Waals surface area contributed by atoms with Crippen LogP contribution in [0.15, 0.2) is 52.9 Å². The summed E-state index contributed by atoms with van der Waals surface area (Å²) >= 11 is 0. The average Bonchev–Trinajstić information content (AvgIpc) is 2.89. The lowest BCUT2D eigenvalue weighted by molar-refractivity contribution is 0.623. The molecular formula is C17H18N2O. The Morgan fingerprint density at radius 3 is 2.60 bits per heavy atom. The largest absolute Gasteiger partial charge is 0.423 e. The van der Waals surface area contributed by atoms with E-state index in [-0.39, 0.29) is 0 Å². The number of rotatable bonds is 5. The van der Waals surface area contributed by atoms with Crippen LogP contribution in [0, 0.1) is 0 Å². The predicted molar refractivity (Wildman–Crippen MR) is 82.3 cm³/mol. The Balaban J connectivity index is 1.73. The highest BCUT2D eigenvalue weighted by molar-refractivity contribution is 5.75. The molecule has 0 saturated carbocycles. The number of para-hydroxylation sites is 2. The number of nitrogens with zero attached hydrogens (tertiary/aromatic N) is 1. The predicted octanol–water partition coefficient (Wildman–Crippen LogP) is 4.91. The van der Waals surface area contributed by atoms with Crippen LogP contribution in [0.4, 0.5) is 11.7 Å². The van der Waals surface area contributed by atoms with Gasteiger partial charge in [-0.1, -0.05) is 37.6 Å². The molecule has 0 bridgehead atoms. The van der Waals surface area contributed by atoms with Crippen LogP contribution in [0.2, 0.25) is 0 Å². The fourth-order valence-corrected chi connectivity index (χ4v) is 2.18. The van der Waals surface area contributed by atoms with Gasteiger partial charge in [0.15, 0.2) is 5.58 Å². The fraction of sp³-hybridized carbons (Fsp3) is 0.235. The number of aromatic nitrogens is 1. The van der Waals surface area contributed by atoms with Gasteiger partial charge in [-0.2, -0.15) is 4.98 Å². The molecule has 3 heteroatoms. The number of fused-ring (bicyclic) bond motifs is 1. The zero-order valence-electron chi connectivity index (χ0n) is 11.6. The lowest BCUT2D eigenvalue weighted by Gasteiger charge is -2.03. The van der Waals surface area contributed by atoms with E-state index in [9.17, 15) is 0 Å². The first-order chi connectivity index (χ1) is 9.85. The second-order valence-corrected chi connectivity index (χ2v) is 4.91. The molecule has 1 aromatic heterocycles. The summed E-state index contributed by atoms with van der Waals surface area (Å²) in [6.07, 6.45) is 3.60. The summed E-state index contributed by atoms with van der Waals surface area (Å²) in [5.74, 6) is 0. The molecule has 102 valence electrons. The highest BCUT2D eigenvalue weighted by Crippen LogP contribution is 2.22. The molecular weight excluding hydrogens is 248 g/mol. The topological polar surface area (TPSA) is 38.1 Å². The highest BCUT2D eigenvalue weighted by atomic mass is 16.4. The van der Waals surface area contributed by atoms with Crippen molar-refractivity contribution in [1.82, 2.24) is 4.98 Å². The smallest absolute Gasteiger partial charge is 0.300 e. The summed E-state index contributed by atoms with van der Waals surface area (Å²) in [5, 5.41) is 3.20. The molecule has 2 aromatic carbocycles. The number of benzene rings is 2. The highest BCUT2D eigenvalue weighted by Gasteiger charge is 2.04. The van der Waals surface area contributed by atoms with Crippen LogP contribution in [0.1, 0.15) is 25.3 Å². The zero-order valence-corrected chi connectivity index (χ0v) is 11.6. The van der Waals surface area contributed by atoms with Crippen molar-refractivity contribution in [2.45, 2.75) is 26.2 Å². The summed E-state index contributed by atoms with van der Waals surface area (Å²) in [4.78, 5) is 4.40. The molecule has 0 amide bonds. The summed E-state index contributed by atoms with van der Waals surface area (Å²) in [6.45, 7) is 2.21. The van der Waals surface area contributed by atoms with Crippen LogP contribution < -0.4 is 5.32 Å². The van der Waals surface area contributed by atoms with Gasteiger partial charge < -0.3 is 9.73 Å². The van der Waals surface area contributed by atoms with E-state index in [1.165, 1.54) is 18.4 Å². The third-order valence-corrected chi connectivity index (χ3v) is 3.32. The van der Waals surface area contributed by atoms with E-state index in [0.717, 1.165) is 23.2 Å². The Morgan fingerprint density at radius 2 is 1.85 bits per heavy atom. The van der Waals surface area contributed by atoms with Crippen molar-refractivity contribution in [3.05, 3.63) is 54.1 Å². The molecule has 0 unspecified atom stereocenters. The molecule has 20 heavy (non-hydrogen) atoms. The van der Waals surface area contributed by atoms with Crippen LogP contribution in [0.5, 0.6) is 0 Å². The van der Waals surface area contributed by atoms with Gasteiger partial charge in [0.25, 0.3) is 6.01 Å². The van der Waals surface area contributed by atoms with Gasteiger partial charge in [-0.3, -0.25) is 0 Å². The van der Waals surface area contributed by atoms with Gasteiger partial charge in [0.05, 0.1) is 0 Å². The van der Waals surface area contributed by atoms with Crippen molar-refractivity contribution in [3.8, 4) is 0 Å². The minimum atomic E-state index is 0.535. The van der Waals surface area contributed by atoms with Gasteiger partial charge in [-0.25, -0.2) is 0 Å². The lowest BCUT2D eigenvalue weighted by Crippen LogP contribution is -1.91. The summed E-state index contributed by atoms with van der Waals surface area (Å²) in [6, 6.07) is 16.7. The van der Waals surface area contributed by atoms with Gasteiger partial charge in [0, 0.05) is 5.69 Å².